The van der Waals surface area contributed by atoms with Crippen LogP contribution in [0, 0.1) is 20.8 Å². The highest BCUT2D eigenvalue weighted by Gasteiger charge is 2.21. The molecule has 1 aliphatic heterocycles. The first-order valence-electron chi connectivity index (χ1n) is 12.6. The smallest absolute Gasteiger partial charge is 0.227 e. The van der Waals surface area contributed by atoms with E-state index in [1.807, 2.05) is 0 Å². The average Bonchev–Trinajstić information content (AvgIpc) is 3.31. The van der Waals surface area contributed by atoms with Crippen LogP contribution < -0.4 is 15.8 Å². The van der Waals surface area contributed by atoms with E-state index in [-0.39, 0.29) is 0 Å². The number of hydrogen-bond donors (Lipinski definition) is 4. The molecule has 3 heterocycles. The van der Waals surface area contributed by atoms with Crippen molar-refractivity contribution < 1.29 is 0 Å². The first-order valence-corrected chi connectivity index (χ1v) is 14.6. The Morgan fingerprint density at radius 2 is 1.73 bits per heavy atom. The third-order valence-corrected chi connectivity index (χ3v) is 8.14. The number of fused-ring (bicyclic) bond motifs is 1. The summed E-state index contributed by atoms with van der Waals surface area (Å²) in [5.41, 5.74) is 7.41. The van der Waals surface area contributed by atoms with Gasteiger partial charge in [0, 0.05) is 36.3 Å². The number of benzene rings is 2. The molecular weight excluding hydrogens is 480 g/mol. The topological polar surface area (TPSA) is 108 Å². The third kappa shape index (κ3) is 5.79. The molecule has 8 nitrogen and oxygen atoms in total. The molecule has 37 heavy (non-hydrogen) atoms. The van der Waals surface area contributed by atoms with E-state index < -0.39 is 9.39 Å². The van der Waals surface area contributed by atoms with E-state index in [9.17, 15) is 0 Å². The second-order valence-corrected chi connectivity index (χ2v) is 12.5. The summed E-state index contributed by atoms with van der Waals surface area (Å²) in [6, 6.07) is 13.1. The van der Waals surface area contributed by atoms with Crippen LogP contribution in [-0.4, -0.2) is 55.7 Å². The van der Waals surface area contributed by atoms with E-state index in [1.54, 1.807) is 6.33 Å². The van der Waals surface area contributed by atoms with Crippen LogP contribution in [0.15, 0.2) is 47.6 Å². The molecule has 5 rings (SSSR count). The van der Waals surface area contributed by atoms with Gasteiger partial charge in [-0.2, -0.15) is 9.97 Å². The van der Waals surface area contributed by atoms with Gasteiger partial charge in [0.2, 0.25) is 5.95 Å². The van der Waals surface area contributed by atoms with Crippen LogP contribution in [0.3, 0.4) is 0 Å². The van der Waals surface area contributed by atoms with E-state index in [0.29, 0.717) is 17.6 Å². The lowest BCUT2D eigenvalue weighted by Gasteiger charge is -2.32. The summed E-state index contributed by atoms with van der Waals surface area (Å²) in [7, 11) is -1.67. The fraction of sp³-hybridized carbons (Fsp3) is 0.321. The minimum absolute atomic E-state index is 0.310. The number of nitrogens with one attached hydrogen (secondary N) is 3. The van der Waals surface area contributed by atoms with E-state index in [1.165, 1.54) is 22.3 Å². The molecule has 1 fully saturated rings. The Labute approximate surface area is 219 Å². The van der Waals surface area contributed by atoms with Gasteiger partial charge in [0.25, 0.3) is 0 Å². The number of aromatic amines is 1. The number of anilines is 3. The number of H-pyrrole nitrogens is 1. The van der Waals surface area contributed by atoms with E-state index in [4.69, 9.17) is 10.1 Å². The van der Waals surface area contributed by atoms with Gasteiger partial charge in [-0.1, -0.05) is 41.6 Å². The van der Waals surface area contributed by atoms with Crippen molar-refractivity contribution >= 4 is 49.8 Å². The Morgan fingerprint density at radius 1 is 1.05 bits per heavy atom. The predicted molar refractivity (Wildman–Crippen MR) is 158 cm³/mol. The molecule has 1 saturated heterocycles. The molecule has 2 aromatic carbocycles. The number of nitrogens with two attached hydrogens (primary N) is 1. The average molecular weight is 517 g/mol. The van der Waals surface area contributed by atoms with Crippen LogP contribution >= 0.6 is 9.39 Å². The molecule has 4 aromatic rings. The largest absolute Gasteiger partial charge is 0.351 e. The normalized spacial score (nSPS) is 15.2. The van der Waals surface area contributed by atoms with Gasteiger partial charge in [0.05, 0.1) is 6.33 Å². The molecule has 0 spiro atoms. The summed E-state index contributed by atoms with van der Waals surface area (Å²) >= 11 is 0. The van der Waals surface area contributed by atoms with Gasteiger partial charge in [0.15, 0.2) is 11.5 Å². The highest BCUT2D eigenvalue weighted by molar-refractivity contribution is 8.26. The quantitative estimate of drug-likeness (QED) is 0.256. The van der Waals surface area contributed by atoms with E-state index in [2.05, 4.69) is 99.4 Å². The summed E-state index contributed by atoms with van der Waals surface area (Å²) in [6.45, 7) is 9.28. The Balaban J connectivity index is 1.25. The number of likely N-dealkylation sites (tertiary alicyclic amines) is 1. The fourth-order valence-electron chi connectivity index (χ4n) is 5.03. The number of aromatic nitrogens is 4. The zero-order valence-electron chi connectivity index (χ0n) is 21.8. The van der Waals surface area contributed by atoms with Crippen LogP contribution in [0.25, 0.3) is 11.2 Å². The van der Waals surface area contributed by atoms with Crippen molar-refractivity contribution in [3.05, 3.63) is 65.0 Å². The van der Waals surface area contributed by atoms with Crippen LogP contribution in [0.1, 0.15) is 35.1 Å². The fourth-order valence-corrected chi connectivity index (χ4v) is 5.70. The van der Waals surface area contributed by atoms with Gasteiger partial charge in [-0.05, 0) is 62.4 Å². The highest BCUT2D eigenvalue weighted by Crippen LogP contribution is 2.29. The zero-order valence-corrected chi connectivity index (χ0v) is 22.7. The molecule has 0 bridgehead atoms. The molecule has 2 aromatic heterocycles. The molecule has 0 aliphatic carbocycles. The molecule has 1 aliphatic rings. The third-order valence-electron chi connectivity index (χ3n) is 6.93. The van der Waals surface area contributed by atoms with Gasteiger partial charge < -0.3 is 15.6 Å². The zero-order chi connectivity index (χ0) is 26.2. The number of rotatable bonds is 7. The molecule has 5 N–H and O–H groups in total. The Hall–Kier alpha value is -3.40. The van der Waals surface area contributed by atoms with Gasteiger partial charge in [-0.3, -0.25) is 10.0 Å². The molecule has 0 radical (unpaired) electrons. The monoisotopic (exact) mass is 516 g/mol. The summed E-state index contributed by atoms with van der Waals surface area (Å²) in [5, 5.41) is 13.2. The lowest BCUT2D eigenvalue weighted by atomic mass is 10.0. The Bertz CT molecular complexity index is 1490. The van der Waals surface area contributed by atoms with Crippen molar-refractivity contribution in [1.29, 1.82) is 0 Å². The number of nitrogens with zero attached hydrogens (tertiary/aromatic N) is 4. The summed E-state index contributed by atoms with van der Waals surface area (Å²) in [4.78, 5) is 20.6. The molecular formula is C28H36N8S. The Morgan fingerprint density at radius 3 is 2.38 bits per heavy atom. The number of hydrogen-bond acceptors (Lipinski definition) is 7. The number of imidazole rings is 1. The van der Waals surface area contributed by atoms with E-state index >= 15 is 0 Å². The first-order chi connectivity index (χ1) is 17.7. The van der Waals surface area contributed by atoms with Crippen LogP contribution in [-0.2, 0) is 6.54 Å². The van der Waals surface area contributed by atoms with Crippen LogP contribution in [0.2, 0.25) is 0 Å². The molecule has 0 unspecified atom stereocenters. The van der Waals surface area contributed by atoms with Crippen LogP contribution in [0.4, 0.5) is 17.5 Å². The van der Waals surface area contributed by atoms with Crippen molar-refractivity contribution in [3.63, 3.8) is 0 Å². The maximum Gasteiger partial charge on any atom is 0.227 e. The van der Waals surface area contributed by atoms with Gasteiger partial charge in [-0.25, -0.2) is 4.98 Å². The minimum Gasteiger partial charge on any atom is -0.351 e. The molecule has 194 valence electrons. The minimum atomic E-state index is -1.67. The van der Waals surface area contributed by atoms with Gasteiger partial charge in [0.1, 0.15) is 5.52 Å². The standard InChI is InChI=1S/C28H36N8S/c1-18-14-19(2)24(20(3)15-18)33-27-25-26(31-17-30-25)34-28(35-27)32-22-10-12-36(13-11-22)16-21-6-8-23(9-7-21)37(4,5)29/h6-9,14-15,17,22H,4-5,10-13,16,29H2,1-3H3,(H3,30,31,32,33,34,35). The lowest BCUT2D eigenvalue weighted by molar-refractivity contribution is 0.211. The molecule has 0 amide bonds. The van der Waals surface area contributed by atoms with Gasteiger partial charge in [-0.15, -0.1) is 9.39 Å². The van der Waals surface area contributed by atoms with Crippen molar-refractivity contribution in [1.82, 2.24) is 24.8 Å². The number of aryl methyl sites for hydroxylation is 3. The van der Waals surface area contributed by atoms with Crippen molar-refractivity contribution in [2.75, 3.05) is 23.7 Å². The van der Waals surface area contributed by atoms with E-state index in [0.717, 1.165) is 54.4 Å². The predicted octanol–water partition coefficient (Wildman–Crippen LogP) is 5.00. The second-order valence-electron chi connectivity index (χ2n) is 10.2. The van der Waals surface area contributed by atoms with Crippen molar-refractivity contribution in [2.24, 2.45) is 5.14 Å². The second kappa shape index (κ2) is 10.2. The lowest BCUT2D eigenvalue weighted by Crippen LogP contribution is -2.39. The molecule has 9 heteroatoms. The van der Waals surface area contributed by atoms with Crippen molar-refractivity contribution in [2.45, 2.75) is 51.1 Å². The molecule has 0 atom stereocenters. The molecule has 0 saturated carbocycles. The Kier molecular flexibility index (Phi) is 6.94. The number of piperidine rings is 1. The summed E-state index contributed by atoms with van der Waals surface area (Å²) < 4.78 is 0. The van der Waals surface area contributed by atoms with Crippen molar-refractivity contribution in [3.8, 4) is 0 Å². The SMILES string of the molecule is C=S(=C)(N)c1ccc(CN2CCC(Nc3nc(Nc4c(C)cc(C)cc4C)c4[nH]cnc4n3)CC2)cc1. The van der Waals surface area contributed by atoms with Gasteiger partial charge >= 0.3 is 0 Å². The maximum atomic E-state index is 6.08. The highest BCUT2D eigenvalue weighted by atomic mass is 32.2. The summed E-state index contributed by atoms with van der Waals surface area (Å²) in [6.07, 6.45) is 3.71. The maximum absolute atomic E-state index is 6.08. The first kappa shape index (κ1) is 25.3. The van der Waals surface area contributed by atoms with Crippen LogP contribution in [0.5, 0.6) is 0 Å². The summed E-state index contributed by atoms with van der Waals surface area (Å²) in [5.74, 6) is 9.32.